The third-order valence-electron chi connectivity index (χ3n) is 3.45. The fourth-order valence-corrected chi connectivity index (χ4v) is 4.72. The van der Waals surface area contributed by atoms with Gasteiger partial charge in [0.2, 0.25) is 0 Å². The molecule has 0 aliphatic carbocycles. The number of aryl methyl sites for hydroxylation is 1. The molecule has 122 valence electrons. The zero-order valence-corrected chi connectivity index (χ0v) is 16.0. The first kappa shape index (κ1) is 16.4. The van der Waals surface area contributed by atoms with E-state index in [9.17, 15) is 8.42 Å². The molecule has 3 aromatic rings. The summed E-state index contributed by atoms with van der Waals surface area (Å²) >= 11 is 2.13. The van der Waals surface area contributed by atoms with Gasteiger partial charge in [0.05, 0.1) is 16.4 Å². The van der Waals surface area contributed by atoms with Crippen molar-refractivity contribution >= 4 is 43.6 Å². The van der Waals surface area contributed by atoms with E-state index in [-0.39, 0.29) is 11.0 Å². The monoisotopic (exact) mass is 444 g/mol. The van der Waals surface area contributed by atoms with Gasteiger partial charge in [-0.1, -0.05) is 17.7 Å². The number of aromatic nitrogens is 2. The maximum absolute atomic E-state index is 12.9. The van der Waals surface area contributed by atoms with Crippen LogP contribution in [-0.4, -0.2) is 23.5 Å². The molecule has 0 unspecified atom stereocenters. The van der Waals surface area contributed by atoms with Crippen molar-refractivity contribution in [2.75, 3.05) is 0 Å². The minimum atomic E-state index is -3.65. The highest BCUT2D eigenvalue weighted by Gasteiger charge is 2.24. The van der Waals surface area contributed by atoms with E-state index >= 15 is 0 Å². The van der Waals surface area contributed by atoms with Crippen LogP contribution in [0.1, 0.15) is 19.4 Å². The topological polar surface area (TPSA) is 64.1 Å². The maximum Gasteiger partial charge on any atom is 0.269 e. The summed E-state index contributed by atoms with van der Waals surface area (Å²) in [5.41, 5.74) is 1.54. The van der Waals surface area contributed by atoms with Crippen LogP contribution in [0.2, 0.25) is 0 Å². The first-order chi connectivity index (χ1) is 10.8. The summed E-state index contributed by atoms with van der Waals surface area (Å²) in [7, 11) is -3.65. The molecule has 0 fully saturated rings. The first-order valence-electron chi connectivity index (χ1n) is 7.17. The molecular formula is C16H17IN2O3S. The van der Waals surface area contributed by atoms with Crippen molar-refractivity contribution in [3.8, 4) is 5.75 Å². The molecule has 0 saturated carbocycles. The average Bonchev–Trinajstić information content (AvgIpc) is 3.01. The average molecular weight is 444 g/mol. The lowest BCUT2D eigenvalue weighted by Crippen LogP contribution is -2.12. The minimum absolute atomic E-state index is 0.0156. The number of fused-ring (bicyclic) bond motifs is 1. The molecule has 2 heterocycles. The van der Waals surface area contributed by atoms with Gasteiger partial charge in [-0.25, -0.2) is 12.4 Å². The van der Waals surface area contributed by atoms with Crippen molar-refractivity contribution in [1.82, 2.24) is 8.96 Å². The molecular weight excluding hydrogens is 427 g/mol. The third kappa shape index (κ3) is 2.87. The van der Waals surface area contributed by atoms with Crippen LogP contribution in [0, 0.1) is 10.5 Å². The number of hydrogen-bond donors (Lipinski definition) is 1. The highest BCUT2D eigenvalue weighted by atomic mass is 127. The van der Waals surface area contributed by atoms with E-state index in [1.165, 1.54) is 3.97 Å². The Morgan fingerprint density at radius 3 is 2.48 bits per heavy atom. The molecule has 1 aromatic carbocycles. The molecule has 23 heavy (non-hydrogen) atoms. The summed E-state index contributed by atoms with van der Waals surface area (Å²) in [6.07, 6.45) is 3.33. The number of hydrogen-bond acceptors (Lipinski definition) is 3. The number of aromatic amines is 1. The van der Waals surface area contributed by atoms with Gasteiger partial charge in [0.15, 0.2) is 0 Å². The second kappa shape index (κ2) is 5.86. The van der Waals surface area contributed by atoms with Crippen LogP contribution in [-0.2, 0) is 10.0 Å². The largest absolute Gasteiger partial charge is 0.489 e. The van der Waals surface area contributed by atoms with E-state index in [1.807, 2.05) is 20.8 Å². The van der Waals surface area contributed by atoms with E-state index in [4.69, 9.17) is 4.74 Å². The maximum atomic E-state index is 12.9. The van der Waals surface area contributed by atoms with Gasteiger partial charge < -0.3 is 9.72 Å². The van der Waals surface area contributed by atoms with Gasteiger partial charge in [0.25, 0.3) is 10.0 Å². The van der Waals surface area contributed by atoms with Gasteiger partial charge in [-0.2, -0.15) is 0 Å². The molecule has 1 N–H and O–H groups in total. The second-order valence-corrected chi connectivity index (χ2v) is 8.61. The van der Waals surface area contributed by atoms with Crippen molar-refractivity contribution in [2.45, 2.75) is 31.8 Å². The van der Waals surface area contributed by atoms with Crippen LogP contribution in [0.15, 0.2) is 41.6 Å². The van der Waals surface area contributed by atoms with Crippen LogP contribution in [0.4, 0.5) is 0 Å². The predicted molar refractivity (Wildman–Crippen MR) is 98.5 cm³/mol. The standard InChI is InChI=1S/C16H17IN2O3S/c1-10(2)22-14-8-18-16-15(14)13(17)9-19(16)23(20,21)12-6-4-11(3)5-7-12/h4-10,18H,1-3H3. The summed E-state index contributed by atoms with van der Waals surface area (Å²) in [5.74, 6) is 0.664. The molecule has 0 saturated heterocycles. The zero-order valence-electron chi connectivity index (χ0n) is 13.0. The molecule has 0 aliphatic rings. The van der Waals surface area contributed by atoms with Gasteiger partial charge in [0.1, 0.15) is 11.4 Å². The molecule has 3 rings (SSSR count). The van der Waals surface area contributed by atoms with Crippen LogP contribution in [0.3, 0.4) is 0 Å². The van der Waals surface area contributed by atoms with Crippen LogP contribution >= 0.6 is 22.6 Å². The summed E-state index contributed by atoms with van der Waals surface area (Å²) in [4.78, 5) is 3.29. The molecule has 0 atom stereocenters. The van der Waals surface area contributed by atoms with E-state index in [1.54, 1.807) is 36.7 Å². The number of rotatable bonds is 4. The first-order valence-corrected chi connectivity index (χ1v) is 9.69. The summed E-state index contributed by atoms with van der Waals surface area (Å²) < 4.78 is 33.7. The quantitative estimate of drug-likeness (QED) is 0.621. The van der Waals surface area contributed by atoms with E-state index < -0.39 is 10.0 Å². The van der Waals surface area contributed by atoms with Gasteiger partial charge in [-0.3, -0.25) is 0 Å². The summed E-state index contributed by atoms with van der Waals surface area (Å²) in [6.45, 7) is 5.80. The third-order valence-corrected chi connectivity index (χ3v) is 5.95. The van der Waals surface area contributed by atoms with Gasteiger partial charge in [-0.15, -0.1) is 0 Å². The molecule has 5 nitrogen and oxygen atoms in total. The number of benzene rings is 1. The van der Waals surface area contributed by atoms with Crippen LogP contribution in [0.25, 0.3) is 11.0 Å². The van der Waals surface area contributed by atoms with Crippen LogP contribution < -0.4 is 4.74 Å². The Morgan fingerprint density at radius 1 is 1.22 bits per heavy atom. The van der Waals surface area contributed by atoms with Gasteiger partial charge in [-0.05, 0) is 55.5 Å². The molecule has 0 radical (unpaired) electrons. The smallest absolute Gasteiger partial charge is 0.269 e. The Labute approximate surface area is 148 Å². The lowest BCUT2D eigenvalue weighted by atomic mass is 10.2. The SMILES string of the molecule is Cc1ccc(S(=O)(=O)n2cc(I)c3c(OC(C)C)c[nH]c32)cc1. The predicted octanol–water partition coefficient (Wildman–Crippen LogP) is 3.91. The summed E-state index contributed by atoms with van der Waals surface area (Å²) in [5, 5.41) is 0.787. The van der Waals surface area contributed by atoms with Crippen molar-refractivity contribution in [3.63, 3.8) is 0 Å². The molecule has 0 spiro atoms. The lowest BCUT2D eigenvalue weighted by Gasteiger charge is -2.07. The van der Waals surface area contributed by atoms with Crippen molar-refractivity contribution in [2.24, 2.45) is 0 Å². The summed E-state index contributed by atoms with van der Waals surface area (Å²) in [6, 6.07) is 6.83. The second-order valence-electron chi connectivity index (χ2n) is 5.63. The molecule has 0 aliphatic heterocycles. The number of ether oxygens (including phenoxy) is 1. The van der Waals surface area contributed by atoms with Gasteiger partial charge in [0, 0.05) is 16.0 Å². The fourth-order valence-electron chi connectivity index (χ4n) is 2.39. The fraction of sp³-hybridized carbons (Fsp3) is 0.250. The Hall–Kier alpha value is -1.48. The Balaban J connectivity index is 2.17. The van der Waals surface area contributed by atoms with Crippen molar-refractivity contribution in [3.05, 3.63) is 45.8 Å². The lowest BCUT2D eigenvalue weighted by molar-refractivity contribution is 0.245. The molecule has 0 amide bonds. The van der Waals surface area contributed by atoms with E-state index in [0.29, 0.717) is 11.4 Å². The Bertz CT molecular complexity index is 953. The number of halogens is 1. The minimum Gasteiger partial charge on any atom is -0.489 e. The highest BCUT2D eigenvalue weighted by Crippen LogP contribution is 2.34. The van der Waals surface area contributed by atoms with Gasteiger partial charge >= 0.3 is 0 Å². The normalized spacial score (nSPS) is 12.2. The Morgan fingerprint density at radius 2 is 1.87 bits per heavy atom. The molecule has 7 heteroatoms. The zero-order chi connectivity index (χ0) is 16.8. The number of nitrogens with one attached hydrogen (secondary N) is 1. The Kier molecular flexibility index (Phi) is 4.18. The highest BCUT2D eigenvalue weighted by molar-refractivity contribution is 14.1. The van der Waals surface area contributed by atoms with Crippen molar-refractivity contribution in [1.29, 1.82) is 0 Å². The van der Waals surface area contributed by atoms with E-state index in [0.717, 1.165) is 14.5 Å². The molecule has 0 bridgehead atoms. The number of H-pyrrole nitrogens is 1. The molecule has 2 aromatic heterocycles. The van der Waals surface area contributed by atoms with Crippen molar-refractivity contribution < 1.29 is 13.2 Å². The number of nitrogens with zero attached hydrogens (tertiary/aromatic N) is 1. The van der Waals surface area contributed by atoms with E-state index in [2.05, 4.69) is 27.6 Å². The van der Waals surface area contributed by atoms with Crippen LogP contribution in [0.5, 0.6) is 5.75 Å².